The Hall–Kier alpha value is -2.76. The molecular formula is C23H24F3NO2. The molecular weight excluding hydrogens is 379 g/mol. The highest BCUT2D eigenvalue weighted by molar-refractivity contribution is 6.04. The van der Waals surface area contributed by atoms with Crippen molar-refractivity contribution in [2.45, 2.75) is 45.2 Å². The minimum Gasteiger partial charge on any atom is -0.493 e. The van der Waals surface area contributed by atoms with Crippen molar-refractivity contribution in [1.29, 1.82) is 0 Å². The number of hydrogen-bond donors (Lipinski definition) is 1. The molecule has 2 aromatic carbocycles. The second kappa shape index (κ2) is 7.93. The molecule has 3 rings (SSSR count). The molecule has 1 amide bonds. The summed E-state index contributed by atoms with van der Waals surface area (Å²) in [7, 11) is 0. The van der Waals surface area contributed by atoms with Crippen LogP contribution in [0.2, 0.25) is 0 Å². The van der Waals surface area contributed by atoms with Gasteiger partial charge in [0.1, 0.15) is 5.75 Å². The van der Waals surface area contributed by atoms with E-state index >= 15 is 0 Å². The van der Waals surface area contributed by atoms with Crippen LogP contribution >= 0.6 is 0 Å². The SMILES string of the molecule is CC(C)(C)c1ccc(NC(=O)/C=C2\CCCOc3cc(C(F)(F)F)ccc32)cc1. The number of allylic oxidation sites excluding steroid dienone is 1. The van der Waals surface area contributed by atoms with Gasteiger partial charge in [0.15, 0.2) is 0 Å². The molecule has 0 bridgehead atoms. The van der Waals surface area contributed by atoms with Gasteiger partial charge in [0.25, 0.3) is 0 Å². The lowest BCUT2D eigenvalue weighted by Gasteiger charge is -2.19. The van der Waals surface area contributed by atoms with Crippen LogP contribution in [0.25, 0.3) is 5.57 Å². The van der Waals surface area contributed by atoms with Crippen LogP contribution in [0, 0.1) is 0 Å². The molecule has 0 saturated heterocycles. The van der Waals surface area contributed by atoms with Crippen LogP contribution in [0.4, 0.5) is 18.9 Å². The summed E-state index contributed by atoms with van der Waals surface area (Å²) >= 11 is 0. The Morgan fingerprint density at radius 3 is 2.31 bits per heavy atom. The second-order valence-corrected chi connectivity index (χ2v) is 8.15. The molecule has 0 spiro atoms. The third-order valence-electron chi connectivity index (χ3n) is 4.83. The first-order valence-electron chi connectivity index (χ1n) is 9.50. The first kappa shape index (κ1) is 21.0. The van der Waals surface area contributed by atoms with Gasteiger partial charge >= 0.3 is 6.18 Å². The maximum atomic E-state index is 13.0. The lowest BCUT2D eigenvalue weighted by molar-refractivity contribution is -0.137. The number of amides is 1. The fourth-order valence-corrected chi connectivity index (χ4v) is 3.20. The highest BCUT2D eigenvalue weighted by atomic mass is 19.4. The third-order valence-corrected chi connectivity index (χ3v) is 4.83. The van der Waals surface area contributed by atoms with E-state index in [1.165, 1.54) is 12.1 Å². The zero-order valence-electron chi connectivity index (χ0n) is 16.7. The number of fused-ring (bicyclic) bond motifs is 1. The minimum atomic E-state index is -4.44. The molecule has 1 aliphatic rings. The second-order valence-electron chi connectivity index (χ2n) is 8.15. The van der Waals surface area contributed by atoms with Gasteiger partial charge in [-0.3, -0.25) is 4.79 Å². The Morgan fingerprint density at radius 2 is 1.69 bits per heavy atom. The number of carbonyl (C=O) groups is 1. The van der Waals surface area contributed by atoms with E-state index in [1.807, 2.05) is 24.3 Å². The van der Waals surface area contributed by atoms with Crippen LogP contribution in [0.5, 0.6) is 5.75 Å². The van der Waals surface area contributed by atoms with Gasteiger partial charge in [0, 0.05) is 17.3 Å². The third kappa shape index (κ3) is 5.19. The van der Waals surface area contributed by atoms with Gasteiger partial charge in [-0.2, -0.15) is 13.2 Å². The van der Waals surface area contributed by atoms with Gasteiger partial charge < -0.3 is 10.1 Å². The van der Waals surface area contributed by atoms with Gasteiger partial charge in [0.2, 0.25) is 5.91 Å². The Kier molecular flexibility index (Phi) is 5.73. The highest BCUT2D eigenvalue weighted by Gasteiger charge is 2.32. The summed E-state index contributed by atoms with van der Waals surface area (Å²) in [5, 5.41) is 2.82. The predicted molar refractivity (Wildman–Crippen MR) is 108 cm³/mol. The van der Waals surface area contributed by atoms with Crippen molar-refractivity contribution < 1.29 is 22.7 Å². The fraction of sp³-hybridized carbons (Fsp3) is 0.348. The molecule has 0 atom stereocenters. The average molecular weight is 403 g/mol. The number of carbonyl (C=O) groups excluding carboxylic acids is 1. The summed E-state index contributed by atoms with van der Waals surface area (Å²) in [4.78, 5) is 12.5. The summed E-state index contributed by atoms with van der Waals surface area (Å²) in [5.74, 6) is -0.165. The van der Waals surface area contributed by atoms with Crippen LogP contribution in [-0.2, 0) is 16.4 Å². The molecule has 0 radical (unpaired) electrons. The smallest absolute Gasteiger partial charge is 0.416 e. The van der Waals surface area contributed by atoms with Crippen molar-refractivity contribution in [3.8, 4) is 5.75 Å². The van der Waals surface area contributed by atoms with E-state index in [4.69, 9.17) is 4.74 Å². The molecule has 6 heteroatoms. The molecule has 0 aromatic heterocycles. The highest BCUT2D eigenvalue weighted by Crippen LogP contribution is 2.38. The molecule has 1 aliphatic heterocycles. The molecule has 29 heavy (non-hydrogen) atoms. The van der Waals surface area contributed by atoms with E-state index in [9.17, 15) is 18.0 Å². The Morgan fingerprint density at radius 1 is 1.03 bits per heavy atom. The van der Waals surface area contributed by atoms with E-state index < -0.39 is 11.7 Å². The zero-order chi connectivity index (χ0) is 21.2. The molecule has 3 nitrogen and oxygen atoms in total. The molecule has 0 saturated carbocycles. The zero-order valence-corrected chi connectivity index (χ0v) is 16.7. The molecule has 0 fully saturated rings. The van der Waals surface area contributed by atoms with Crippen molar-refractivity contribution >= 4 is 17.2 Å². The van der Waals surface area contributed by atoms with E-state index in [2.05, 4.69) is 26.1 Å². The lowest BCUT2D eigenvalue weighted by Crippen LogP contribution is -2.12. The van der Waals surface area contributed by atoms with Crippen LogP contribution < -0.4 is 10.1 Å². The minimum absolute atomic E-state index is 0.0177. The van der Waals surface area contributed by atoms with Crippen LogP contribution in [0.15, 0.2) is 48.5 Å². The van der Waals surface area contributed by atoms with E-state index in [-0.39, 0.29) is 17.1 Å². The molecule has 1 N–H and O–H groups in total. The van der Waals surface area contributed by atoms with Crippen molar-refractivity contribution in [2.75, 3.05) is 11.9 Å². The summed E-state index contributed by atoms with van der Waals surface area (Å²) < 4.78 is 44.4. The lowest BCUT2D eigenvalue weighted by atomic mass is 9.87. The van der Waals surface area contributed by atoms with E-state index in [1.54, 1.807) is 0 Å². The van der Waals surface area contributed by atoms with Gasteiger partial charge in [-0.25, -0.2) is 0 Å². The van der Waals surface area contributed by atoms with Gasteiger partial charge in [-0.05, 0) is 53.7 Å². The molecule has 154 valence electrons. The van der Waals surface area contributed by atoms with Gasteiger partial charge in [0.05, 0.1) is 12.2 Å². The standard InChI is InChI=1S/C23H24F3NO2/c1-22(2,3)16-6-9-18(10-7-16)27-21(28)13-15-5-4-12-29-20-14-17(23(24,25)26)8-11-19(15)20/h6-11,13-14H,4-5,12H2,1-3H3,(H,27,28)/b15-13+. The average Bonchev–Trinajstić information content (AvgIpc) is 2.82. The number of nitrogens with one attached hydrogen (secondary N) is 1. The van der Waals surface area contributed by atoms with Crippen LogP contribution in [-0.4, -0.2) is 12.5 Å². The monoisotopic (exact) mass is 403 g/mol. The van der Waals surface area contributed by atoms with Gasteiger partial charge in [-0.1, -0.05) is 39.0 Å². The fourth-order valence-electron chi connectivity index (χ4n) is 3.20. The molecule has 0 aliphatic carbocycles. The van der Waals surface area contributed by atoms with Gasteiger partial charge in [-0.15, -0.1) is 0 Å². The topological polar surface area (TPSA) is 38.3 Å². The Labute approximate surface area is 168 Å². The summed E-state index contributed by atoms with van der Waals surface area (Å²) in [6, 6.07) is 11.0. The van der Waals surface area contributed by atoms with Crippen molar-refractivity contribution in [1.82, 2.24) is 0 Å². The van der Waals surface area contributed by atoms with Crippen molar-refractivity contribution in [3.05, 3.63) is 65.2 Å². The number of halogens is 3. The summed E-state index contributed by atoms with van der Waals surface area (Å²) in [6.07, 6.45) is -1.83. The first-order chi connectivity index (χ1) is 13.5. The quantitative estimate of drug-likeness (QED) is 0.607. The van der Waals surface area contributed by atoms with E-state index in [0.29, 0.717) is 36.3 Å². The van der Waals surface area contributed by atoms with Crippen molar-refractivity contribution in [3.63, 3.8) is 0 Å². The maximum Gasteiger partial charge on any atom is 0.416 e. The predicted octanol–water partition coefficient (Wildman–Crippen LogP) is 6.20. The first-order valence-corrected chi connectivity index (χ1v) is 9.50. The van der Waals surface area contributed by atoms with Crippen LogP contribution in [0.3, 0.4) is 0 Å². The van der Waals surface area contributed by atoms with Crippen LogP contribution in [0.1, 0.15) is 50.3 Å². The Balaban J connectivity index is 1.82. The number of anilines is 1. The number of hydrogen-bond acceptors (Lipinski definition) is 2. The van der Waals surface area contributed by atoms with Crippen molar-refractivity contribution in [2.24, 2.45) is 0 Å². The number of alkyl halides is 3. The number of rotatable bonds is 2. The largest absolute Gasteiger partial charge is 0.493 e. The summed E-state index contributed by atoms with van der Waals surface area (Å²) in [6.45, 7) is 6.64. The normalized spacial score (nSPS) is 16.0. The molecule has 1 heterocycles. The molecule has 0 unspecified atom stereocenters. The number of ether oxygens (including phenoxy) is 1. The number of benzene rings is 2. The van der Waals surface area contributed by atoms with E-state index in [0.717, 1.165) is 17.7 Å². The maximum absolute atomic E-state index is 13.0. The summed E-state index contributed by atoms with van der Waals surface area (Å²) in [5.41, 5.74) is 2.26. The molecule has 2 aromatic rings. The Bertz CT molecular complexity index is 923.